The Bertz CT molecular complexity index is 896. The van der Waals surface area contributed by atoms with E-state index in [1.807, 2.05) is 30.3 Å². The van der Waals surface area contributed by atoms with Crippen molar-refractivity contribution >= 4 is 17.7 Å². The van der Waals surface area contributed by atoms with Gasteiger partial charge in [0.15, 0.2) is 11.5 Å². The zero-order chi connectivity index (χ0) is 19.2. The van der Waals surface area contributed by atoms with Crippen molar-refractivity contribution in [2.45, 2.75) is 6.54 Å². The molecule has 1 N–H and O–H groups in total. The number of rotatable bonds is 5. The van der Waals surface area contributed by atoms with Gasteiger partial charge in [-0.3, -0.25) is 9.78 Å². The number of hydrogen-bond acceptors (Lipinski definition) is 8. The van der Waals surface area contributed by atoms with Crippen molar-refractivity contribution in [2.24, 2.45) is 0 Å². The first-order valence-corrected chi connectivity index (χ1v) is 9.08. The summed E-state index contributed by atoms with van der Waals surface area (Å²) in [6, 6.07) is 10.9. The minimum Gasteiger partial charge on any atom is -0.352 e. The summed E-state index contributed by atoms with van der Waals surface area (Å²) >= 11 is 0. The molecular formula is C19H20N8O. The second kappa shape index (κ2) is 8.38. The Labute approximate surface area is 162 Å². The van der Waals surface area contributed by atoms with Gasteiger partial charge in [-0.25, -0.2) is 9.97 Å². The molecule has 0 atom stereocenters. The van der Waals surface area contributed by atoms with Crippen LogP contribution in [0.15, 0.2) is 55.0 Å². The summed E-state index contributed by atoms with van der Waals surface area (Å²) in [5, 5.41) is 11.1. The number of piperazine rings is 1. The molecule has 3 aromatic heterocycles. The van der Waals surface area contributed by atoms with Crippen LogP contribution in [0.25, 0.3) is 0 Å². The first kappa shape index (κ1) is 17.8. The van der Waals surface area contributed by atoms with Crippen LogP contribution in [0.3, 0.4) is 0 Å². The maximum absolute atomic E-state index is 12.2. The summed E-state index contributed by atoms with van der Waals surface area (Å²) in [4.78, 5) is 29.3. The van der Waals surface area contributed by atoms with Gasteiger partial charge in [-0.05, 0) is 30.3 Å². The number of amides is 1. The molecule has 1 fully saturated rings. The van der Waals surface area contributed by atoms with Crippen LogP contribution in [0.1, 0.15) is 16.2 Å². The van der Waals surface area contributed by atoms with Crippen LogP contribution in [0.2, 0.25) is 0 Å². The highest BCUT2D eigenvalue weighted by atomic mass is 16.1. The van der Waals surface area contributed by atoms with Crippen molar-refractivity contribution in [1.29, 1.82) is 0 Å². The van der Waals surface area contributed by atoms with Crippen molar-refractivity contribution in [3.05, 3.63) is 66.4 Å². The third kappa shape index (κ3) is 4.20. The predicted molar refractivity (Wildman–Crippen MR) is 104 cm³/mol. The number of anilines is 2. The summed E-state index contributed by atoms with van der Waals surface area (Å²) in [6.07, 6.45) is 5.19. The lowest BCUT2D eigenvalue weighted by Gasteiger charge is -2.35. The maximum atomic E-state index is 12.2. The SMILES string of the molecule is O=C(NCc1ccccn1)c1ccc(N2CCN(c3ncccn3)CC2)nn1. The molecule has 1 aliphatic heterocycles. The Morgan fingerprint density at radius 1 is 0.857 bits per heavy atom. The number of pyridine rings is 1. The summed E-state index contributed by atoms with van der Waals surface area (Å²) in [7, 11) is 0. The van der Waals surface area contributed by atoms with Crippen LogP contribution in [-0.4, -0.2) is 57.2 Å². The van der Waals surface area contributed by atoms with Gasteiger partial charge in [-0.15, -0.1) is 10.2 Å². The fourth-order valence-electron chi connectivity index (χ4n) is 2.97. The third-order valence-corrected chi connectivity index (χ3v) is 4.48. The van der Waals surface area contributed by atoms with E-state index in [1.165, 1.54) is 0 Å². The van der Waals surface area contributed by atoms with Gasteiger partial charge in [0.2, 0.25) is 5.95 Å². The summed E-state index contributed by atoms with van der Waals surface area (Å²) in [5.41, 5.74) is 1.08. The molecule has 28 heavy (non-hydrogen) atoms. The van der Waals surface area contributed by atoms with Gasteiger partial charge < -0.3 is 15.1 Å². The quantitative estimate of drug-likeness (QED) is 0.702. The number of hydrogen-bond donors (Lipinski definition) is 1. The molecule has 0 unspecified atom stereocenters. The van der Waals surface area contributed by atoms with Crippen LogP contribution in [-0.2, 0) is 6.54 Å². The molecule has 0 aliphatic carbocycles. The van der Waals surface area contributed by atoms with E-state index >= 15 is 0 Å². The first-order chi connectivity index (χ1) is 13.8. The van der Waals surface area contributed by atoms with Gasteiger partial charge in [0.1, 0.15) is 0 Å². The lowest BCUT2D eigenvalue weighted by atomic mass is 10.3. The second-order valence-corrected chi connectivity index (χ2v) is 6.30. The second-order valence-electron chi connectivity index (χ2n) is 6.30. The molecule has 142 valence electrons. The zero-order valence-corrected chi connectivity index (χ0v) is 15.3. The summed E-state index contributed by atoms with van der Waals surface area (Å²) < 4.78 is 0. The number of carbonyl (C=O) groups is 1. The third-order valence-electron chi connectivity index (χ3n) is 4.48. The molecule has 0 saturated carbocycles. The van der Waals surface area contributed by atoms with E-state index in [0.717, 1.165) is 43.6 Å². The highest BCUT2D eigenvalue weighted by molar-refractivity contribution is 5.92. The fraction of sp³-hybridized carbons (Fsp3) is 0.263. The van der Waals surface area contributed by atoms with E-state index in [4.69, 9.17) is 0 Å². The van der Waals surface area contributed by atoms with Gasteiger partial charge in [0.25, 0.3) is 5.91 Å². The van der Waals surface area contributed by atoms with Crippen molar-refractivity contribution in [3.63, 3.8) is 0 Å². The van der Waals surface area contributed by atoms with E-state index in [-0.39, 0.29) is 11.6 Å². The molecular weight excluding hydrogens is 356 g/mol. The topological polar surface area (TPSA) is 100 Å². The van der Waals surface area contributed by atoms with Gasteiger partial charge in [0.05, 0.1) is 12.2 Å². The van der Waals surface area contributed by atoms with Crippen LogP contribution in [0.5, 0.6) is 0 Å². The number of aromatic nitrogens is 5. The van der Waals surface area contributed by atoms with Gasteiger partial charge in [-0.2, -0.15) is 0 Å². The smallest absolute Gasteiger partial charge is 0.272 e. The van der Waals surface area contributed by atoms with Crippen LogP contribution in [0.4, 0.5) is 11.8 Å². The average molecular weight is 376 g/mol. The molecule has 0 bridgehead atoms. The Morgan fingerprint density at radius 3 is 2.29 bits per heavy atom. The molecule has 9 heteroatoms. The number of nitrogens with zero attached hydrogens (tertiary/aromatic N) is 7. The molecule has 1 amide bonds. The highest BCUT2D eigenvalue weighted by Crippen LogP contribution is 2.15. The number of nitrogens with one attached hydrogen (secondary N) is 1. The van der Waals surface area contributed by atoms with Gasteiger partial charge in [-0.1, -0.05) is 6.07 Å². The summed E-state index contributed by atoms with van der Waals surface area (Å²) in [5.74, 6) is 1.24. The monoisotopic (exact) mass is 376 g/mol. The van der Waals surface area contributed by atoms with Crippen LogP contribution < -0.4 is 15.1 Å². The van der Waals surface area contributed by atoms with Crippen molar-refractivity contribution < 1.29 is 4.79 Å². The fourth-order valence-corrected chi connectivity index (χ4v) is 2.97. The molecule has 0 aromatic carbocycles. The van der Waals surface area contributed by atoms with Crippen LogP contribution >= 0.6 is 0 Å². The minimum atomic E-state index is -0.268. The van der Waals surface area contributed by atoms with E-state index in [0.29, 0.717) is 6.54 Å². The molecule has 1 saturated heterocycles. The van der Waals surface area contributed by atoms with Crippen molar-refractivity contribution in [2.75, 3.05) is 36.0 Å². The summed E-state index contributed by atoms with van der Waals surface area (Å²) in [6.45, 7) is 3.54. The maximum Gasteiger partial charge on any atom is 0.272 e. The zero-order valence-electron chi connectivity index (χ0n) is 15.3. The number of carbonyl (C=O) groups excluding carboxylic acids is 1. The molecule has 3 aromatic rings. The van der Waals surface area contributed by atoms with Crippen LogP contribution in [0, 0.1) is 0 Å². The largest absolute Gasteiger partial charge is 0.352 e. The highest BCUT2D eigenvalue weighted by Gasteiger charge is 2.20. The van der Waals surface area contributed by atoms with E-state index in [1.54, 1.807) is 24.7 Å². The predicted octanol–water partition coefficient (Wildman–Crippen LogP) is 0.918. The Hall–Kier alpha value is -3.62. The molecule has 4 heterocycles. The van der Waals surface area contributed by atoms with E-state index in [2.05, 4.69) is 40.3 Å². The standard InChI is InChI=1S/C19H20N8O/c28-18(23-14-15-4-1-2-7-20-15)16-5-6-17(25-24-16)26-10-12-27(13-11-26)19-21-8-3-9-22-19/h1-9H,10-14H2,(H,23,28). The Morgan fingerprint density at radius 2 is 1.61 bits per heavy atom. The van der Waals surface area contributed by atoms with Gasteiger partial charge >= 0.3 is 0 Å². The van der Waals surface area contributed by atoms with Crippen molar-refractivity contribution in [3.8, 4) is 0 Å². The average Bonchev–Trinajstić information content (AvgIpc) is 2.79. The lowest BCUT2D eigenvalue weighted by Crippen LogP contribution is -2.47. The Balaban J connectivity index is 1.31. The first-order valence-electron chi connectivity index (χ1n) is 9.08. The Kier molecular flexibility index (Phi) is 5.32. The lowest BCUT2D eigenvalue weighted by molar-refractivity contribution is 0.0944. The minimum absolute atomic E-state index is 0.268. The molecule has 0 spiro atoms. The normalized spacial score (nSPS) is 14.0. The van der Waals surface area contributed by atoms with Gasteiger partial charge in [0, 0.05) is 44.8 Å². The molecule has 4 rings (SSSR count). The molecule has 1 aliphatic rings. The van der Waals surface area contributed by atoms with E-state index < -0.39 is 0 Å². The van der Waals surface area contributed by atoms with Crippen molar-refractivity contribution in [1.82, 2.24) is 30.5 Å². The molecule has 9 nitrogen and oxygen atoms in total. The van der Waals surface area contributed by atoms with E-state index in [9.17, 15) is 4.79 Å². The molecule has 0 radical (unpaired) electrons.